The molecule has 2 saturated heterocycles. The molecule has 0 spiro atoms. The molecule has 1 aromatic rings. The molecule has 3 N–H and O–H groups in total. The highest BCUT2D eigenvalue weighted by Gasteiger charge is 2.42. The lowest BCUT2D eigenvalue weighted by Gasteiger charge is -2.39. The first kappa shape index (κ1) is 22.5. The molecule has 7 heteroatoms. The zero-order valence-corrected chi connectivity index (χ0v) is 18.9. The number of rotatable bonds is 6. The van der Waals surface area contributed by atoms with E-state index >= 15 is 0 Å². The second kappa shape index (κ2) is 8.93. The summed E-state index contributed by atoms with van der Waals surface area (Å²) < 4.78 is 0. The van der Waals surface area contributed by atoms with Crippen molar-refractivity contribution in [3.63, 3.8) is 0 Å². The third-order valence-electron chi connectivity index (χ3n) is 6.28. The fraction of sp³-hybridized carbons (Fsp3) is 0.636. The van der Waals surface area contributed by atoms with Gasteiger partial charge in [-0.2, -0.15) is 0 Å². The number of carbonyl (C=O) groups is 2. The lowest BCUT2D eigenvalue weighted by Crippen LogP contribution is -2.52. The number of nitrogens with one attached hydrogen (secondary N) is 1. The Balaban J connectivity index is 1.53. The summed E-state index contributed by atoms with van der Waals surface area (Å²) in [6.07, 6.45) is 4.20. The Bertz CT molecular complexity index is 744. The van der Waals surface area contributed by atoms with E-state index in [9.17, 15) is 9.59 Å². The SMILES string of the molecule is CC(C)(C)[C@H](N)C(=O)CN1[C@@H]2CC[C@H]1CC(CNC(=O)c1cc(Cl)cc(Cl)c1)C2. The zero-order chi connectivity index (χ0) is 21.3. The molecule has 5 nitrogen and oxygen atoms in total. The minimum Gasteiger partial charge on any atom is -0.352 e. The van der Waals surface area contributed by atoms with Crippen molar-refractivity contribution in [3.8, 4) is 0 Å². The van der Waals surface area contributed by atoms with Gasteiger partial charge in [0.05, 0.1) is 12.6 Å². The predicted octanol–water partition coefficient (Wildman–Crippen LogP) is 3.91. The van der Waals surface area contributed by atoms with Gasteiger partial charge in [0.15, 0.2) is 5.78 Å². The lowest BCUT2D eigenvalue weighted by molar-refractivity contribution is -0.124. The highest BCUT2D eigenvalue weighted by molar-refractivity contribution is 6.35. The van der Waals surface area contributed by atoms with E-state index < -0.39 is 6.04 Å². The normalized spacial score (nSPS) is 25.7. The molecular weight excluding hydrogens is 409 g/mol. The van der Waals surface area contributed by atoms with E-state index in [0.29, 0.717) is 46.7 Å². The van der Waals surface area contributed by atoms with Gasteiger partial charge in [-0.25, -0.2) is 0 Å². The maximum atomic E-state index is 12.6. The number of hydrogen-bond donors (Lipinski definition) is 2. The number of nitrogens with two attached hydrogens (primary N) is 1. The van der Waals surface area contributed by atoms with E-state index in [1.54, 1.807) is 18.2 Å². The number of fused-ring (bicyclic) bond motifs is 2. The molecule has 2 fully saturated rings. The average molecular weight is 440 g/mol. The summed E-state index contributed by atoms with van der Waals surface area (Å²) in [5, 5.41) is 3.93. The van der Waals surface area contributed by atoms with Crippen molar-refractivity contribution in [2.45, 2.75) is 64.6 Å². The molecule has 2 bridgehead atoms. The maximum Gasteiger partial charge on any atom is 0.251 e. The van der Waals surface area contributed by atoms with Crippen LogP contribution in [0.1, 0.15) is 56.8 Å². The first-order valence-electron chi connectivity index (χ1n) is 10.3. The molecule has 29 heavy (non-hydrogen) atoms. The number of hydrogen-bond acceptors (Lipinski definition) is 4. The monoisotopic (exact) mass is 439 g/mol. The summed E-state index contributed by atoms with van der Waals surface area (Å²) >= 11 is 12.0. The van der Waals surface area contributed by atoms with Gasteiger partial charge in [-0.3, -0.25) is 14.5 Å². The molecule has 3 rings (SSSR count). The van der Waals surface area contributed by atoms with Crippen LogP contribution in [0.4, 0.5) is 0 Å². The van der Waals surface area contributed by atoms with Crippen LogP contribution in [0.2, 0.25) is 10.0 Å². The minimum atomic E-state index is -0.441. The van der Waals surface area contributed by atoms with E-state index in [4.69, 9.17) is 28.9 Å². The quantitative estimate of drug-likeness (QED) is 0.704. The Morgan fingerprint density at radius 3 is 2.21 bits per heavy atom. The van der Waals surface area contributed by atoms with Gasteiger partial charge in [-0.05, 0) is 55.2 Å². The number of ketones is 1. The molecule has 0 aliphatic carbocycles. The van der Waals surface area contributed by atoms with Crippen LogP contribution in [-0.2, 0) is 4.79 Å². The van der Waals surface area contributed by atoms with Gasteiger partial charge in [0.2, 0.25) is 0 Å². The van der Waals surface area contributed by atoms with E-state index in [1.165, 1.54) is 0 Å². The molecule has 2 aliphatic heterocycles. The lowest BCUT2D eigenvalue weighted by atomic mass is 9.84. The smallest absolute Gasteiger partial charge is 0.251 e. The van der Waals surface area contributed by atoms with Gasteiger partial charge in [-0.1, -0.05) is 44.0 Å². The summed E-state index contributed by atoms with van der Waals surface area (Å²) in [4.78, 5) is 27.4. The van der Waals surface area contributed by atoms with Crippen molar-refractivity contribution in [1.29, 1.82) is 0 Å². The zero-order valence-electron chi connectivity index (χ0n) is 17.4. The molecule has 160 valence electrons. The molecule has 0 saturated carbocycles. The number of Topliss-reactive ketones (excluding diaryl/α,β-unsaturated/α-hetero) is 1. The number of carbonyl (C=O) groups excluding carboxylic acids is 2. The second-order valence-electron chi connectivity index (χ2n) is 9.57. The molecular formula is C22H31Cl2N3O2. The van der Waals surface area contributed by atoms with Crippen LogP contribution in [0, 0.1) is 11.3 Å². The summed E-state index contributed by atoms with van der Waals surface area (Å²) in [5.74, 6) is 0.378. The number of halogens is 2. The van der Waals surface area contributed by atoms with E-state index in [2.05, 4.69) is 10.2 Å². The standard InChI is InChI=1S/C22H31Cl2N3O2/c1-22(2,3)20(25)19(28)12-27-17-4-5-18(27)7-13(6-17)11-26-21(29)14-8-15(23)10-16(24)9-14/h8-10,13,17-18,20H,4-7,11-12,25H2,1-3H3,(H,26,29)/t13?,17-,18+,20-/m1/s1. The van der Waals surface area contributed by atoms with Gasteiger partial charge in [-0.15, -0.1) is 0 Å². The maximum absolute atomic E-state index is 12.6. The van der Waals surface area contributed by atoms with Crippen molar-refractivity contribution in [1.82, 2.24) is 10.2 Å². The van der Waals surface area contributed by atoms with Gasteiger partial charge in [0.25, 0.3) is 5.91 Å². The fourth-order valence-corrected chi connectivity index (χ4v) is 5.12. The van der Waals surface area contributed by atoms with Gasteiger partial charge >= 0.3 is 0 Å². The van der Waals surface area contributed by atoms with Crippen LogP contribution in [0.5, 0.6) is 0 Å². The minimum absolute atomic E-state index is 0.124. The van der Waals surface area contributed by atoms with Crippen LogP contribution < -0.4 is 11.1 Å². The molecule has 2 aliphatic rings. The molecule has 4 atom stereocenters. The molecule has 1 amide bonds. The summed E-state index contributed by atoms with van der Waals surface area (Å²) in [6.45, 7) is 7.08. The molecule has 0 radical (unpaired) electrons. The van der Waals surface area contributed by atoms with Crippen molar-refractivity contribution in [2.24, 2.45) is 17.1 Å². The van der Waals surface area contributed by atoms with Crippen molar-refractivity contribution >= 4 is 34.9 Å². The van der Waals surface area contributed by atoms with Crippen molar-refractivity contribution in [3.05, 3.63) is 33.8 Å². The van der Waals surface area contributed by atoms with Gasteiger partial charge in [0, 0.05) is 34.2 Å². The molecule has 2 heterocycles. The third kappa shape index (κ3) is 5.52. The first-order valence-corrected chi connectivity index (χ1v) is 11.1. The van der Waals surface area contributed by atoms with Crippen LogP contribution >= 0.6 is 23.2 Å². The van der Waals surface area contributed by atoms with Gasteiger partial charge < -0.3 is 11.1 Å². The Hall–Kier alpha value is -1.14. The topological polar surface area (TPSA) is 75.4 Å². The second-order valence-corrected chi connectivity index (χ2v) is 10.4. The van der Waals surface area contributed by atoms with Crippen LogP contribution in [0.25, 0.3) is 0 Å². The summed E-state index contributed by atoms with van der Waals surface area (Å²) in [5.41, 5.74) is 6.42. The molecule has 0 aromatic heterocycles. The van der Waals surface area contributed by atoms with E-state index in [1.807, 2.05) is 20.8 Å². The molecule has 1 unspecified atom stereocenters. The summed E-state index contributed by atoms with van der Waals surface area (Å²) in [6, 6.07) is 5.21. The van der Waals surface area contributed by atoms with E-state index in [-0.39, 0.29) is 17.1 Å². The largest absolute Gasteiger partial charge is 0.352 e. The first-order chi connectivity index (χ1) is 13.5. The van der Waals surface area contributed by atoms with Crippen LogP contribution in [0.3, 0.4) is 0 Å². The number of benzene rings is 1. The number of nitrogens with zero attached hydrogens (tertiary/aromatic N) is 1. The Morgan fingerprint density at radius 1 is 1.14 bits per heavy atom. The van der Waals surface area contributed by atoms with Gasteiger partial charge in [0.1, 0.15) is 0 Å². The van der Waals surface area contributed by atoms with Crippen molar-refractivity contribution in [2.75, 3.05) is 13.1 Å². The predicted molar refractivity (Wildman–Crippen MR) is 117 cm³/mol. The van der Waals surface area contributed by atoms with Crippen LogP contribution in [-0.4, -0.2) is 47.8 Å². The summed E-state index contributed by atoms with van der Waals surface area (Å²) in [7, 11) is 0. The highest BCUT2D eigenvalue weighted by atomic mass is 35.5. The fourth-order valence-electron chi connectivity index (χ4n) is 4.60. The Kier molecular flexibility index (Phi) is 6.94. The highest BCUT2D eigenvalue weighted by Crippen LogP contribution is 2.38. The van der Waals surface area contributed by atoms with Crippen LogP contribution in [0.15, 0.2) is 18.2 Å². The van der Waals surface area contributed by atoms with E-state index in [0.717, 1.165) is 25.7 Å². The third-order valence-corrected chi connectivity index (χ3v) is 6.71. The molecule has 1 aromatic carbocycles. The van der Waals surface area contributed by atoms with Crippen molar-refractivity contribution < 1.29 is 9.59 Å². The Morgan fingerprint density at radius 2 is 1.69 bits per heavy atom. The number of piperidine rings is 1. The Labute approximate surface area is 183 Å². The average Bonchev–Trinajstić information content (AvgIpc) is 2.86. The number of amides is 1.